The number of carboxylic acids is 1. The third kappa shape index (κ3) is 5.40. The van der Waals surface area contributed by atoms with Gasteiger partial charge in [0.2, 0.25) is 5.88 Å². The molecule has 2 aliphatic rings. The molecule has 7 nitrogen and oxygen atoms in total. The molecule has 37 heavy (non-hydrogen) atoms. The minimum Gasteiger partial charge on any atom is -0.481 e. The number of hydrogen-bond donors (Lipinski definition) is 1. The van der Waals surface area contributed by atoms with E-state index in [0.717, 1.165) is 24.6 Å². The normalized spacial score (nSPS) is 19.7. The summed E-state index contributed by atoms with van der Waals surface area (Å²) in [5, 5.41) is 9.59. The lowest BCUT2D eigenvalue weighted by Gasteiger charge is -2.29. The van der Waals surface area contributed by atoms with Crippen LogP contribution in [0.5, 0.6) is 11.6 Å². The van der Waals surface area contributed by atoms with Gasteiger partial charge < -0.3 is 14.6 Å². The van der Waals surface area contributed by atoms with Crippen LogP contribution in [0.2, 0.25) is 0 Å². The second kappa shape index (κ2) is 10.8. The van der Waals surface area contributed by atoms with Crippen LogP contribution in [0.3, 0.4) is 0 Å². The van der Waals surface area contributed by atoms with Crippen molar-refractivity contribution < 1.29 is 28.2 Å². The predicted molar refractivity (Wildman–Crippen MR) is 137 cm³/mol. The second-order valence-corrected chi connectivity index (χ2v) is 9.64. The Morgan fingerprint density at radius 3 is 2.62 bits per heavy atom. The lowest BCUT2D eigenvalue weighted by atomic mass is 9.82. The minimum atomic E-state index is -0.937. The number of aryl methyl sites for hydroxylation is 1. The number of nitrogens with zero attached hydrogens (tertiary/aromatic N) is 3. The largest absolute Gasteiger partial charge is 0.481 e. The first-order valence-corrected chi connectivity index (χ1v) is 12.3. The molecule has 0 amide bonds. The van der Waals surface area contributed by atoms with Gasteiger partial charge in [0.15, 0.2) is 17.4 Å². The van der Waals surface area contributed by atoms with E-state index in [4.69, 9.17) is 9.47 Å². The topological polar surface area (TPSA) is 93.4 Å². The van der Waals surface area contributed by atoms with Crippen molar-refractivity contribution in [3.05, 3.63) is 58.4 Å². The van der Waals surface area contributed by atoms with Crippen molar-refractivity contribution in [3.63, 3.8) is 0 Å². The number of benzene rings is 1. The fourth-order valence-corrected chi connectivity index (χ4v) is 5.01. The van der Waals surface area contributed by atoms with E-state index >= 15 is 4.39 Å². The molecular weight excluding hydrogens is 480 g/mol. The average Bonchev–Trinajstić information content (AvgIpc) is 3.72. The quantitative estimate of drug-likeness (QED) is 0.428. The Labute approximate surface area is 215 Å². The molecule has 2 heterocycles. The molecule has 0 spiro atoms. The van der Waals surface area contributed by atoms with E-state index in [0.29, 0.717) is 29.8 Å². The number of hydrogen-bond acceptors (Lipinski definition) is 6. The van der Waals surface area contributed by atoms with Gasteiger partial charge in [-0.05, 0) is 63.3 Å². The molecule has 196 valence electrons. The van der Waals surface area contributed by atoms with Crippen molar-refractivity contribution in [2.24, 2.45) is 21.8 Å². The molecule has 0 bridgehead atoms. The number of ether oxygens (including phenoxy) is 2. The van der Waals surface area contributed by atoms with Gasteiger partial charge in [-0.3, -0.25) is 14.8 Å². The molecule has 4 rings (SSSR count). The van der Waals surface area contributed by atoms with Gasteiger partial charge >= 0.3 is 5.97 Å². The third-order valence-electron chi connectivity index (χ3n) is 7.17. The van der Waals surface area contributed by atoms with Crippen LogP contribution in [0.4, 0.5) is 8.78 Å². The molecular formula is C28H31F2N3O4. The summed E-state index contributed by atoms with van der Waals surface area (Å²) in [6, 6.07) is 4.98. The molecule has 0 saturated heterocycles. The minimum absolute atomic E-state index is 0.153. The van der Waals surface area contributed by atoms with E-state index in [2.05, 4.69) is 21.7 Å². The lowest BCUT2D eigenvalue weighted by molar-refractivity contribution is -0.142. The van der Waals surface area contributed by atoms with E-state index in [1.165, 1.54) is 13.2 Å². The van der Waals surface area contributed by atoms with Crippen LogP contribution in [0, 0.1) is 23.5 Å². The first-order valence-electron chi connectivity index (χ1n) is 12.3. The van der Waals surface area contributed by atoms with Gasteiger partial charge in [-0.1, -0.05) is 19.1 Å². The van der Waals surface area contributed by atoms with Crippen molar-refractivity contribution in [2.45, 2.75) is 58.5 Å². The molecule has 1 aliphatic carbocycles. The van der Waals surface area contributed by atoms with E-state index < -0.39 is 35.5 Å². The fourth-order valence-electron chi connectivity index (χ4n) is 5.01. The third-order valence-corrected chi connectivity index (χ3v) is 7.17. The first kappa shape index (κ1) is 26.4. The summed E-state index contributed by atoms with van der Waals surface area (Å²) < 4.78 is 41.5. The van der Waals surface area contributed by atoms with Gasteiger partial charge in [0.25, 0.3) is 0 Å². The number of rotatable bonds is 9. The summed E-state index contributed by atoms with van der Waals surface area (Å²) in [6.45, 7) is 8.64. The Balaban J connectivity index is 1.64. The number of carboxylic acid groups (broad SMARTS) is 1. The number of pyridine rings is 1. The molecule has 1 saturated carbocycles. The number of aromatic nitrogens is 1. The standard InChI is InChI=1S/C28H31F2N3O4/c1-14(28(34)35)24(17-6-7-17)19-10-8-18-9-11-22(37-27(18)25(19)30)15(2)33-16(3)26(31-4)20-12-23(36-5)32-13-21(20)29/h8,10,12-14,17,22,24H,4,6-7,9,11H2,1-3,5H3,(H,34,35)/b26-16-,33-15?/t14-,22?,24-/m0/s1. The van der Waals surface area contributed by atoms with E-state index in [1.807, 2.05) is 6.07 Å². The maximum Gasteiger partial charge on any atom is 0.306 e. The molecule has 0 radical (unpaired) electrons. The predicted octanol–water partition coefficient (Wildman–Crippen LogP) is 5.83. The Morgan fingerprint density at radius 2 is 2.00 bits per heavy atom. The average molecular weight is 512 g/mol. The van der Waals surface area contributed by atoms with Gasteiger partial charge in [0, 0.05) is 17.5 Å². The van der Waals surface area contributed by atoms with Crippen LogP contribution in [0.25, 0.3) is 5.70 Å². The molecule has 1 aromatic carbocycles. The van der Waals surface area contributed by atoms with Crippen molar-refractivity contribution in [3.8, 4) is 11.6 Å². The summed E-state index contributed by atoms with van der Waals surface area (Å²) in [6.07, 6.45) is 3.49. The zero-order valence-corrected chi connectivity index (χ0v) is 21.4. The van der Waals surface area contributed by atoms with Gasteiger partial charge in [0.05, 0.1) is 36.3 Å². The maximum atomic E-state index is 15.8. The highest BCUT2D eigenvalue weighted by molar-refractivity contribution is 5.89. The summed E-state index contributed by atoms with van der Waals surface area (Å²) in [4.78, 5) is 24.1. The summed E-state index contributed by atoms with van der Waals surface area (Å²) in [5.41, 5.74) is 2.51. The Bertz CT molecular complexity index is 1290. The number of halogens is 2. The van der Waals surface area contributed by atoms with Gasteiger partial charge in [0.1, 0.15) is 6.10 Å². The van der Waals surface area contributed by atoms with E-state index in [9.17, 15) is 14.3 Å². The smallest absolute Gasteiger partial charge is 0.306 e. The van der Waals surface area contributed by atoms with E-state index in [1.54, 1.807) is 26.8 Å². The van der Waals surface area contributed by atoms with Crippen molar-refractivity contribution in [2.75, 3.05) is 7.11 Å². The molecule has 1 unspecified atom stereocenters. The summed E-state index contributed by atoms with van der Waals surface area (Å²) >= 11 is 0. The summed E-state index contributed by atoms with van der Waals surface area (Å²) in [7, 11) is 1.43. The molecule has 3 atom stereocenters. The van der Waals surface area contributed by atoms with E-state index in [-0.39, 0.29) is 28.8 Å². The van der Waals surface area contributed by atoms with Crippen LogP contribution < -0.4 is 9.47 Å². The Morgan fingerprint density at radius 1 is 1.27 bits per heavy atom. The lowest BCUT2D eigenvalue weighted by Crippen LogP contribution is -2.31. The fraction of sp³-hybridized carbons (Fsp3) is 0.429. The Kier molecular flexibility index (Phi) is 7.71. The molecule has 1 fully saturated rings. The summed E-state index contributed by atoms with van der Waals surface area (Å²) in [5.74, 6) is -2.58. The highest BCUT2D eigenvalue weighted by Gasteiger charge is 2.41. The highest BCUT2D eigenvalue weighted by atomic mass is 19.1. The number of aliphatic imine (C=N–C) groups is 2. The maximum absolute atomic E-state index is 15.8. The molecule has 1 aliphatic heterocycles. The van der Waals surface area contributed by atoms with Gasteiger partial charge in [-0.25, -0.2) is 13.8 Å². The number of aliphatic carboxylic acids is 1. The van der Waals surface area contributed by atoms with Crippen molar-refractivity contribution in [1.29, 1.82) is 0 Å². The van der Waals surface area contributed by atoms with Crippen LogP contribution >= 0.6 is 0 Å². The first-order chi connectivity index (χ1) is 17.7. The van der Waals surface area contributed by atoms with Crippen LogP contribution in [0.15, 0.2) is 40.1 Å². The number of fused-ring (bicyclic) bond motifs is 1. The van der Waals surface area contributed by atoms with Crippen molar-refractivity contribution in [1.82, 2.24) is 4.98 Å². The number of carbonyl (C=O) groups is 1. The highest BCUT2D eigenvalue weighted by Crippen LogP contribution is 2.49. The van der Waals surface area contributed by atoms with Crippen LogP contribution in [-0.4, -0.2) is 41.7 Å². The van der Waals surface area contributed by atoms with Crippen molar-refractivity contribution >= 4 is 24.1 Å². The van der Waals surface area contributed by atoms with Gasteiger partial charge in [-0.15, -0.1) is 0 Å². The SMILES string of the molecule is C=N/C(=C(/C)N=C(C)C1CCc2ccc([C@H](C3CC3)[C@H](C)C(=O)O)c(F)c2O1)c1cc(OC)ncc1F. The monoisotopic (exact) mass is 511 g/mol. The molecule has 1 N–H and O–H groups in total. The van der Waals surface area contributed by atoms with Crippen LogP contribution in [-0.2, 0) is 11.2 Å². The van der Waals surface area contributed by atoms with Crippen LogP contribution in [0.1, 0.15) is 62.6 Å². The molecule has 1 aromatic heterocycles. The molecule has 2 aromatic rings. The molecule has 9 heteroatoms. The zero-order chi connectivity index (χ0) is 26.9. The Hall–Kier alpha value is -3.62. The number of allylic oxidation sites excluding steroid dienone is 1. The zero-order valence-electron chi connectivity index (χ0n) is 21.4. The second-order valence-electron chi connectivity index (χ2n) is 9.64. The number of methoxy groups -OCH3 is 1. The van der Waals surface area contributed by atoms with Gasteiger partial charge in [-0.2, -0.15) is 0 Å².